The molecule has 180 valence electrons. The Morgan fingerprint density at radius 1 is 1.38 bits per heavy atom. The summed E-state index contributed by atoms with van der Waals surface area (Å²) in [6, 6.07) is 4.36. The normalized spacial score (nSPS) is 20.7. The molecule has 7 nitrogen and oxygen atoms in total. The number of halogens is 3. The van der Waals surface area contributed by atoms with Crippen LogP contribution in [0, 0.1) is 5.92 Å². The molecular formula is C22H32F3N3O4. The molecule has 2 N–H and O–H groups in total. The fourth-order valence-corrected chi connectivity index (χ4v) is 3.56. The van der Waals surface area contributed by atoms with Gasteiger partial charge in [0, 0.05) is 36.7 Å². The number of nitrogens with one attached hydrogen (secondary N) is 1. The quantitative estimate of drug-likeness (QED) is 0.655. The number of hydrogen-bond acceptors (Lipinski definition) is 5. The van der Waals surface area contributed by atoms with Crippen molar-refractivity contribution in [3.63, 3.8) is 0 Å². The SMILES string of the molecule is C[C@@H]1CN([C@@H](C)CO)C(=O)Cc2cc(NC(=O)CCC(F)(F)F)ccc2O[C@H]1CN(C)C. The lowest BCUT2D eigenvalue weighted by Gasteiger charge is -2.33. The molecule has 2 amide bonds. The Bertz CT molecular complexity index is 801. The number of alkyl halides is 3. The van der Waals surface area contributed by atoms with Gasteiger partial charge in [0.15, 0.2) is 0 Å². The first-order valence-corrected chi connectivity index (χ1v) is 10.6. The summed E-state index contributed by atoms with van der Waals surface area (Å²) in [7, 11) is 3.84. The van der Waals surface area contributed by atoms with Crippen molar-refractivity contribution >= 4 is 17.5 Å². The zero-order valence-electron chi connectivity index (χ0n) is 18.9. The maximum Gasteiger partial charge on any atom is 0.389 e. The van der Waals surface area contributed by atoms with Crippen molar-refractivity contribution < 1.29 is 32.6 Å². The molecule has 1 aromatic carbocycles. The van der Waals surface area contributed by atoms with E-state index < -0.39 is 24.9 Å². The third-order valence-electron chi connectivity index (χ3n) is 5.38. The van der Waals surface area contributed by atoms with E-state index in [1.807, 2.05) is 25.9 Å². The number of aliphatic hydroxyl groups is 1. The summed E-state index contributed by atoms with van der Waals surface area (Å²) in [5.41, 5.74) is 0.821. The van der Waals surface area contributed by atoms with Gasteiger partial charge in [-0.05, 0) is 39.2 Å². The van der Waals surface area contributed by atoms with Crippen LogP contribution in [0.15, 0.2) is 18.2 Å². The van der Waals surface area contributed by atoms with Crippen LogP contribution in [0.4, 0.5) is 18.9 Å². The molecule has 1 aromatic rings. The molecule has 0 saturated heterocycles. The summed E-state index contributed by atoms with van der Waals surface area (Å²) in [5.74, 6) is -0.492. The van der Waals surface area contributed by atoms with Crippen molar-refractivity contribution in [3.05, 3.63) is 23.8 Å². The van der Waals surface area contributed by atoms with E-state index in [0.29, 0.717) is 30.1 Å². The summed E-state index contributed by atoms with van der Waals surface area (Å²) in [6.45, 7) is 4.58. The van der Waals surface area contributed by atoms with E-state index in [1.165, 1.54) is 0 Å². The van der Waals surface area contributed by atoms with Crippen LogP contribution in [0.25, 0.3) is 0 Å². The molecule has 1 heterocycles. The Morgan fingerprint density at radius 2 is 2.06 bits per heavy atom. The minimum Gasteiger partial charge on any atom is -0.488 e. The number of carbonyl (C=O) groups excluding carboxylic acids is 2. The minimum absolute atomic E-state index is 0.0205. The molecule has 0 aliphatic carbocycles. The molecule has 2 rings (SSSR count). The first kappa shape index (κ1) is 25.9. The predicted molar refractivity (Wildman–Crippen MR) is 114 cm³/mol. The van der Waals surface area contributed by atoms with Gasteiger partial charge in [-0.3, -0.25) is 9.59 Å². The molecule has 0 unspecified atom stereocenters. The van der Waals surface area contributed by atoms with E-state index in [-0.39, 0.29) is 37.0 Å². The van der Waals surface area contributed by atoms with E-state index in [2.05, 4.69) is 5.32 Å². The van der Waals surface area contributed by atoms with E-state index in [0.717, 1.165) is 0 Å². The highest BCUT2D eigenvalue weighted by atomic mass is 19.4. The highest BCUT2D eigenvalue weighted by Gasteiger charge is 2.31. The van der Waals surface area contributed by atoms with Crippen LogP contribution in [0.3, 0.4) is 0 Å². The number of likely N-dealkylation sites (N-methyl/N-ethyl adjacent to an activating group) is 1. The standard InChI is InChI=1S/C22H32F3N3O4/c1-14-11-28(15(2)13-29)21(31)10-16-9-17(26-20(30)7-8-22(23,24)25)5-6-18(16)32-19(14)12-27(3)4/h5-6,9,14-15,19,29H,7-8,10-13H2,1-4H3,(H,26,30)/t14-,15+,19+/m1/s1. The predicted octanol–water partition coefficient (Wildman–Crippen LogP) is 2.68. The third-order valence-corrected chi connectivity index (χ3v) is 5.38. The van der Waals surface area contributed by atoms with Crippen molar-refractivity contribution in [2.45, 2.75) is 51.4 Å². The number of benzene rings is 1. The van der Waals surface area contributed by atoms with Gasteiger partial charge in [0.1, 0.15) is 11.9 Å². The Hall–Kier alpha value is -2.33. The molecular weight excluding hydrogens is 427 g/mol. The third kappa shape index (κ3) is 7.67. The number of aliphatic hydroxyl groups excluding tert-OH is 1. The van der Waals surface area contributed by atoms with Crippen molar-refractivity contribution in [1.29, 1.82) is 0 Å². The number of carbonyl (C=O) groups is 2. The number of amides is 2. The molecule has 1 aliphatic heterocycles. The van der Waals surface area contributed by atoms with Gasteiger partial charge in [-0.15, -0.1) is 0 Å². The molecule has 10 heteroatoms. The Kier molecular flexibility index (Phi) is 8.91. The van der Waals surface area contributed by atoms with Crippen LogP contribution >= 0.6 is 0 Å². The van der Waals surface area contributed by atoms with Crippen LogP contribution < -0.4 is 10.1 Å². The lowest BCUT2D eigenvalue weighted by molar-refractivity contribution is -0.142. The average molecular weight is 460 g/mol. The van der Waals surface area contributed by atoms with E-state index in [1.54, 1.807) is 30.0 Å². The van der Waals surface area contributed by atoms with Gasteiger partial charge in [-0.25, -0.2) is 0 Å². The molecule has 0 saturated carbocycles. The lowest BCUT2D eigenvalue weighted by Crippen LogP contribution is -2.47. The van der Waals surface area contributed by atoms with Crippen LogP contribution in [0.2, 0.25) is 0 Å². The maximum absolute atomic E-state index is 13.0. The summed E-state index contributed by atoms with van der Waals surface area (Å²) in [4.78, 5) is 28.6. The van der Waals surface area contributed by atoms with Gasteiger partial charge in [0.05, 0.1) is 25.5 Å². The second-order valence-electron chi connectivity index (χ2n) is 8.64. The number of rotatable bonds is 7. The van der Waals surface area contributed by atoms with Gasteiger partial charge < -0.3 is 25.0 Å². The molecule has 3 atom stereocenters. The number of hydrogen-bond donors (Lipinski definition) is 2. The number of ether oxygens (including phenoxy) is 1. The summed E-state index contributed by atoms with van der Waals surface area (Å²) < 4.78 is 43.4. The Balaban J connectivity index is 2.31. The molecule has 0 radical (unpaired) electrons. The van der Waals surface area contributed by atoms with Crippen molar-refractivity contribution in [2.75, 3.05) is 39.1 Å². The molecule has 0 spiro atoms. The second-order valence-corrected chi connectivity index (χ2v) is 8.64. The van der Waals surface area contributed by atoms with E-state index in [9.17, 15) is 27.9 Å². The molecule has 0 aromatic heterocycles. The molecule has 0 fully saturated rings. The Morgan fingerprint density at radius 3 is 2.66 bits per heavy atom. The van der Waals surface area contributed by atoms with Crippen molar-refractivity contribution in [3.8, 4) is 5.75 Å². The number of fused-ring (bicyclic) bond motifs is 1. The average Bonchev–Trinajstić information content (AvgIpc) is 2.73. The Labute approximate surface area is 186 Å². The van der Waals surface area contributed by atoms with Crippen LogP contribution in [-0.4, -0.2) is 78.8 Å². The lowest BCUT2D eigenvalue weighted by atomic mass is 10.0. The monoisotopic (exact) mass is 459 g/mol. The van der Waals surface area contributed by atoms with Gasteiger partial charge in [0.2, 0.25) is 11.8 Å². The highest BCUT2D eigenvalue weighted by Crippen LogP contribution is 2.29. The van der Waals surface area contributed by atoms with Crippen LogP contribution in [-0.2, 0) is 16.0 Å². The largest absolute Gasteiger partial charge is 0.488 e. The maximum atomic E-state index is 13.0. The summed E-state index contributed by atoms with van der Waals surface area (Å²) in [5, 5.41) is 12.1. The molecule has 1 aliphatic rings. The molecule has 32 heavy (non-hydrogen) atoms. The topological polar surface area (TPSA) is 82.1 Å². The first-order chi connectivity index (χ1) is 14.9. The zero-order chi connectivity index (χ0) is 24.1. The fraction of sp³-hybridized carbons (Fsp3) is 0.636. The highest BCUT2D eigenvalue weighted by molar-refractivity contribution is 5.91. The number of anilines is 1. The summed E-state index contributed by atoms with van der Waals surface area (Å²) in [6.07, 6.45) is -6.56. The van der Waals surface area contributed by atoms with E-state index in [4.69, 9.17) is 4.74 Å². The minimum atomic E-state index is -4.41. The van der Waals surface area contributed by atoms with Gasteiger partial charge >= 0.3 is 6.18 Å². The fourth-order valence-electron chi connectivity index (χ4n) is 3.56. The van der Waals surface area contributed by atoms with Crippen LogP contribution in [0.5, 0.6) is 5.75 Å². The zero-order valence-corrected chi connectivity index (χ0v) is 18.9. The first-order valence-electron chi connectivity index (χ1n) is 10.6. The van der Waals surface area contributed by atoms with Crippen molar-refractivity contribution in [2.24, 2.45) is 5.92 Å². The van der Waals surface area contributed by atoms with Crippen LogP contribution in [0.1, 0.15) is 32.3 Å². The van der Waals surface area contributed by atoms with Gasteiger partial charge in [-0.1, -0.05) is 6.92 Å². The van der Waals surface area contributed by atoms with Crippen molar-refractivity contribution in [1.82, 2.24) is 9.80 Å². The van der Waals surface area contributed by atoms with Gasteiger partial charge in [0.25, 0.3) is 0 Å². The molecule has 0 bridgehead atoms. The smallest absolute Gasteiger partial charge is 0.389 e. The summed E-state index contributed by atoms with van der Waals surface area (Å²) >= 11 is 0. The van der Waals surface area contributed by atoms with Gasteiger partial charge in [-0.2, -0.15) is 13.2 Å². The second kappa shape index (κ2) is 11.0. The number of nitrogens with zero attached hydrogens (tertiary/aromatic N) is 2. The van der Waals surface area contributed by atoms with E-state index >= 15 is 0 Å².